The van der Waals surface area contributed by atoms with Gasteiger partial charge in [0.2, 0.25) is 10.0 Å². The summed E-state index contributed by atoms with van der Waals surface area (Å²) in [5.41, 5.74) is 0.402. The Bertz CT molecular complexity index is 572. The average molecular weight is 315 g/mol. The molecule has 0 spiro atoms. The molecule has 1 rings (SSSR count). The molecule has 21 heavy (non-hydrogen) atoms. The Morgan fingerprint density at radius 3 is 2.38 bits per heavy atom. The average Bonchev–Trinajstić information content (AvgIpc) is 2.35. The summed E-state index contributed by atoms with van der Waals surface area (Å²) in [6.45, 7) is 6.16. The van der Waals surface area contributed by atoms with Crippen LogP contribution in [0.1, 0.15) is 32.8 Å². The van der Waals surface area contributed by atoms with E-state index in [0.29, 0.717) is 6.54 Å². The summed E-state index contributed by atoms with van der Waals surface area (Å²) in [4.78, 5) is 8.47. The lowest BCUT2D eigenvalue weighted by Gasteiger charge is -2.26. The third kappa shape index (κ3) is 5.84. The van der Waals surface area contributed by atoms with Gasteiger partial charge in [-0.15, -0.1) is 0 Å². The highest BCUT2D eigenvalue weighted by Crippen LogP contribution is 2.21. The van der Waals surface area contributed by atoms with Gasteiger partial charge in [0.15, 0.2) is 0 Å². The highest BCUT2D eigenvalue weighted by atomic mass is 32.2. The Morgan fingerprint density at radius 2 is 1.86 bits per heavy atom. The second-order valence-corrected chi connectivity index (χ2v) is 7.41. The molecule has 0 amide bonds. The van der Waals surface area contributed by atoms with Gasteiger partial charge in [0.1, 0.15) is 18.0 Å². The quantitative estimate of drug-likeness (QED) is 0.667. The Balaban J connectivity index is 2.88. The van der Waals surface area contributed by atoms with Crippen molar-refractivity contribution in [2.24, 2.45) is 0 Å². The molecule has 0 aliphatic heterocycles. The second kappa shape index (κ2) is 7.04. The number of aromatic nitrogens is 2. The van der Waals surface area contributed by atoms with Crippen molar-refractivity contribution < 1.29 is 8.42 Å². The highest BCUT2D eigenvalue weighted by Gasteiger charge is 2.22. The van der Waals surface area contributed by atoms with Crippen molar-refractivity contribution in [1.29, 1.82) is 0 Å². The first-order valence-corrected chi connectivity index (χ1v) is 8.82. The van der Waals surface area contributed by atoms with E-state index in [1.54, 1.807) is 0 Å². The van der Waals surface area contributed by atoms with Gasteiger partial charge in [0, 0.05) is 24.7 Å². The van der Waals surface area contributed by atoms with Crippen LogP contribution in [0.5, 0.6) is 0 Å². The topological polar surface area (TPSA) is 96.0 Å². The zero-order valence-electron chi connectivity index (χ0n) is 13.3. The number of hydrogen-bond donors (Lipinski definition) is 3. The zero-order chi connectivity index (χ0) is 16.1. The molecule has 0 saturated heterocycles. The fraction of sp³-hybridized carbons (Fsp3) is 0.692. The SMILES string of the molecule is CCCc1c(NC)ncnc1NCC(C)(C)NS(C)(=O)=O. The predicted molar refractivity (Wildman–Crippen MR) is 86.1 cm³/mol. The lowest BCUT2D eigenvalue weighted by atomic mass is 10.1. The maximum atomic E-state index is 11.4. The number of hydrogen-bond acceptors (Lipinski definition) is 6. The highest BCUT2D eigenvalue weighted by molar-refractivity contribution is 7.88. The molecule has 0 fully saturated rings. The van der Waals surface area contributed by atoms with Crippen molar-refractivity contribution in [1.82, 2.24) is 14.7 Å². The minimum atomic E-state index is -3.25. The van der Waals surface area contributed by atoms with Gasteiger partial charge >= 0.3 is 0 Å². The van der Waals surface area contributed by atoms with Crippen LogP contribution < -0.4 is 15.4 Å². The first-order valence-electron chi connectivity index (χ1n) is 6.93. The molecule has 1 heterocycles. The number of sulfonamides is 1. The second-order valence-electron chi connectivity index (χ2n) is 5.66. The van der Waals surface area contributed by atoms with Gasteiger partial charge in [0.25, 0.3) is 0 Å². The summed E-state index contributed by atoms with van der Waals surface area (Å²) >= 11 is 0. The lowest BCUT2D eigenvalue weighted by Crippen LogP contribution is -2.48. The molecule has 0 radical (unpaired) electrons. The van der Waals surface area contributed by atoms with E-state index in [-0.39, 0.29) is 0 Å². The van der Waals surface area contributed by atoms with Crippen LogP contribution >= 0.6 is 0 Å². The van der Waals surface area contributed by atoms with Crippen LogP contribution in [0.4, 0.5) is 11.6 Å². The van der Waals surface area contributed by atoms with Crippen molar-refractivity contribution in [3.05, 3.63) is 11.9 Å². The van der Waals surface area contributed by atoms with Crippen LogP contribution in [0.25, 0.3) is 0 Å². The minimum absolute atomic E-state index is 0.428. The lowest BCUT2D eigenvalue weighted by molar-refractivity contribution is 0.475. The number of anilines is 2. The van der Waals surface area contributed by atoms with E-state index in [9.17, 15) is 8.42 Å². The van der Waals surface area contributed by atoms with Crippen LogP contribution in [-0.2, 0) is 16.4 Å². The first-order chi connectivity index (χ1) is 9.68. The molecule has 0 saturated carbocycles. The molecule has 0 bridgehead atoms. The Labute approximate surface area is 127 Å². The van der Waals surface area contributed by atoms with E-state index in [1.807, 2.05) is 20.9 Å². The standard InChI is InChI=1S/C13H25N5O2S/c1-6-7-10-11(14-4)16-9-17-12(10)15-8-13(2,3)18-21(5,19)20/h9,18H,6-8H2,1-5H3,(H2,14,15,16,17). The maximum absolute atomic E-state index is 11.4. The molecule has 0 aliphatic rings. The molecule has 1 aromatic rings. The number of nitrogens with zero attached hydrogens (tertiary/aromatic N) is 2. The van der Waals surface area contributed by atoms with E-state index in [2.05, 4.69) is 32.2 Å². The van der Waals surface area contributed by atoms with E-state index >= 15 is 0 Å². The van der Waals surface area contributed by atoms with Gasteiger partial charge in [-0.2, -0.15) is 0 Å². The van der Waals surface area contributed by atoms with Crippen LogP contribution in [0.2, 0.25) is 0 Å². The van der Waals surface area contributed by atoms with Crippen LogP contribution in [0.3, 0.4) is 0 Å². The maximum Gasteiger partial charge on any atom is 0.209 e. The van der Waals surface area contributed by atoms with Crippen LogP contribution in [0.15, 0.2) is 6.33 Å². The van der Waals surface area contributed by atoms with Crippen LogP contribution in [0, 0.1) is 0 Å². The minimum Gasteiger partial charge on any atom is -0.373 e. The van der Waals surface area contributed by atoms with Crippen molar-refractivity contribution in [3.63, 3.8) is 0 Å². The first kappa shape index (κ1) is 17.6. The van der Waals surface area contributed by atoms with Crippen molar-refractivity contribution in [2.45, 2.75) is 39.2 Å². The zero-order valence-corrected chi connectivity index (χ0v) is 14.1. The third-order valence-corrected chi connectivity index (χ3v) is 3.77. The molecular formula is C13H25N5O2S. The van der Waals surface area contributed by atoms with Gasteiger partial charge in [-0.1, -0.05) is 13.3 Å². The molecule has 3 N–H and O–H groups in total. The summed E-state index contributed by atoms with van der Waals surface area (Å²) in [6.07, 6.45) is 4.46. The van der Waals surface area contributed by atoms with Gasteiger partial charge in [-0.3, -0.25) is 0 Å². The summed E-state index contributed by atoms with van der Waals surface area (Å²) < 4.78 is 25.3. The van der Waals surface area contributed by atoms with Gasteiger partial charge in [-0.05, 0) is 20.3 Å². The van der Waals surface area contributed by atoms with Crippen molar-refractivity contribution in [2.75, 3.05) is 30.5 Å². The molecule has 120 valence electrons. The normalized spacial score (nSPS) is 12.2. The summed E-state index contributed by atoms with van der Waals surface area (Å²) in [5, 5.41) is 6.27. The third-order valence-electron chi connectivity index (χ3n) is 2.84. The fourth-order valence-electron chi connectivity index (χ4n) is 2.11. The molecule has 0 atom stereocenters. The summed E-state index contributed by atoms with van der Waals surface area (Å²) in [5.74, 6) is 1.53. The van der Waals surface area contributed by atoms with Crippen molar-refractivity contribution in [3.8, 4) is 0 Å². The molecular weight excluding hydrogens is 290 g/mol. The Morgan fingerprint density at radius 1 is 1.24 bits per heavy atom. The van der Waals surface area contributed by atoms with Crippen molar-refractivity contribution >= 4 is 21.7 Å². The van der Waals surface area contributed by atoms with E-state index in [1.165, 1.54) is 6.33 Å². The molecule has 0 aromatic carbocycles. The number of rotatable bonds is 8. The largest absolute Gasteiger partial charge is 0.373 e. The Hall–Kier alpha value is -1.41. The van der Waals surface area contributed by atoms with Gasteiger partial charge in [0.05, 0.1) is 6.26 Å². The Kier molecular flexibility index (Phi) is 5.91. The van der Waals surface area contributed by atoms with E-state index in [0.717, 1.165) is 36.3 Å². The molecule has 0 unspecified atom stereocenters. The predicted octanol–water partition coefficient (Wildman–Crippen LogP) is 1.21. The monoisotopic (exact) mass is 315 g/mol. The molecule has 8 heteroatoms. The van der Waals surface area contributed by atoms with E-state index in [4.69, 9.17) is 0 Å². The molecule has 7 nitrogen and oxygen atoms in total. The molecule has 1 aromatic heterocycles. The van der Waals surface area contributed by atoms with Gasteiger partial charge < -0.3 is 10.6 Å². The molecule has 0 aliphatic carbocycles. The fourth-order valence-corrected chi connectivity index (χ4v) is 3.19. The summed E-state index contributed by atoms with van der Waals surface area (Å²) in [7, 11) is -1.43. The smallest absolute Gasteiger partial charge is 0.209 e. The van der Waals surface area contributed by atoms with Crippen LogP contribution in [-0.4, -0.2) is 43.8 Å². The summed E-state index contributed by atoms with van der Waals surface area (Å²) in [6, 6.07) is 0. The van der Waals surface area contributed by atoms with Gasteiger partial charge in [-0.25, -0.2) is 23.1 Å². The number of nitrogens with one attached hydrogen (secondary N) is 3. The van der Waals surface area contributed by atoms with E-state index < -0.39 is 15.6 Å².